The van der Waals surface area contributed by atoms with Crippen molar-refractivity contribution in [3.8, 4) is 0 Å². The lowest BCUT2D eigenvalue weighted by atomic mass is 9.95. The number of nitrogens with zero attached hydrogens (tertiary/aromatic N) is 6. The molecular weight excluding hydrogens is 326 g/mol. The third-order valence-corrected chi connectivity index (χ3v) is 5.34. The van der Waals surface area contributed by atoms with E-state index in [4.69, 9.17) is 0 Å². The second kappa shape index (κ2) is 6.48. The van der Waals surface area contributed by atoms with Crippen LogP contribution in [-0.2, 0) is 12.8 Å². The molecule has 3 aromatic heterocycles. The Bertz CT molecular complexity index is 931. The number of aryl methyl sites for hydroxylation is 2. The van der Waals surface area contributed by atoms with Crippen LogP contribution >= 0.6 is 0 Å². The van der Waals surface area contributed by atoms with Crippen molar-refractivity contribution >= 4 is 22.5 Å². The normalized spacial score (nSPS) is 17.0. The van der Waals surface area contributed by atoms with Gasteiger partial charge >= 0.3 is 0 Å². The van der Waals surface area contributed by atoms with Gasteiger partial charge in [-0.15, -0.1) is 5.10 Å². The summed E-state index contributed by atoms with van der Waals surface area (Å²) in [5.74, 6) is 2.49. The van der Waals surface area contributed by atoms with Crippen LogP contribution in [0.15, 0.2) is 30.9 Å². The largest absolute Gasteiger partial charge is 0.369 e. The van der Waals surface area contributed by atoms with Crippen LogP contribution in [0.1, 0.15) is 24.1 Å². The molecule has 0 amide bonds. The Morgan fingerprint density at radius 1 is 1.12 bits per heavy atom. The molecule has 132 valence electrons. The zero-order chi connectivity index (χ0) is 17.3. The maximum Gasteiger partial charge on any atom is 0.151 e. The molecule has 7 nitrogen and oxygen atoms in total. The lowest BCUT2D eigenvalue weighted by Crippen LogP contribution is -2.50. The van der Waals surface area contributed by atoms with E-state index < -0.39 is 0 Å². The second-order valence-electron chi connectivity index (χ2n) is 7.15. The molecule has 2 aliphatic rings. The zero-order valence-electron chi connectivity index (χ0n) is 14.6. The quantitative estimate of drug-likeness (QED) is 0.775. The van der Waals surface area contributed by atoms with Gasteiger partial charge in [-0.3, -0.25) is 4.98 Å². The van der Waals surface area contributed by atoms with Crippen LogP contribution in [-0.4, -0.2) is 44.8 Å². The summed E-state index contributed by atoms with van der Waals surface area (Å²) >= 11 is 0. The molecule has 4 heterocycles. The molecule has 0 radical (unpaired) electrons. The van der Waals surface area contributed by atoms with E-state index in [-0.39, 0.29) is 0 Å². The highest BCUT2D eigenvalue weighted by molar-refractivity contribution is 5.87. The number of fused-ring (bicyclic) bond motifs is 2. The Balaban J connectivity index is 1.21. The fourth-order valence-electron chi connectivity index (χ4n) is 3.81. The highest BCUT2D eigenvalue weighted by Gasteiger charge is 2.28. The van der Waals surface area contributed by atoms with Crippen molar-refractivity contribution in [2.24, 2.45) is 5.92 Å². The molecular formula is C19H21N7. The molecule has 0 unspecified atom stereocenters. The molecule has 0 atom stereocenters. The summed E-state index contributed by atoms with van der Waals surface area (Å²) in [4.78, 5) is 15.1. The SMILES string of the molecule is c1cc2c(NCC3CN(c4cc5c(nn4)CCCC5)C3)ncnc2cn1. The summed E-state index contributed by atoms with van der Waals surface area (Å²) in [5, 5.41) is 13.4. The van der Waals surface area contributed by atoms with Gasteiger partial charge < -0.3 is 10.2 Å². The Labute approximate surface area is 151 Å². The summed E-state index contributed by atoms with van der Waals surface area (Å²) in [6.07, 6.45) is 9.87. The van der Waals surface area contributed by atoms with E-state index >= 15 is 0 Å². The van der Waals surface area contributed by atoms with Crippen LogP contribution in [0.5, 0.6) is 0 Å². The first-order chi connectivity index (χ1) is 12.9. The molecule has 1 aliphatic carbocycles. The van der Waals surface area contributed by atoms with E-state index in [1.165, 1.54) is 24.1 Å². The smallest absolute Gasteiger partial charge is 0.151 e. The lowest BCUT2D eigenvalue weighted by Gasteiger charge is -2.40. The van der Waals surface area contributed by atoms with Crippen molar-refractivity contribution in [2.45, 2.75) is 25.7 Å². The monoisotopic (exact) mass is 347 g/mol. The molecule has 7 heteroatoms. The van der Waals surface area contributed by atoms with Gasteiger partial charge in [-0.25, -0.2) is 9.97 Å². The number of anilines is 2. The molecule has 5 rings (SSSR count). The maximum atomic E-state index is 4.44. The van der Waals surface area contributed by atoms with Crippen molar-refractivity contribution in [1.29, 1.82) is 0 Å². The minimum Gasteiger partial charge on any atom is -0.369 e. The molecule has 26 heavy (non-hydrogen) atoms. The third-order valence-electron chi connectivity index (χ3n) is 5.34. The molecule has 1 saturated heterocycles. The predicted octanol–water partition coefficient (Wildman–Crippen LogP) is 2.24. The first kappa shape index (κ1) is 15.4. The number of hydrogen-bond donors (Lipinski definition) is 1. The van der Waals surface area contributed by atoms with Gasteiger partial charge in [0, 0.05) is 37.1 Å². The predicted molar refractivity (Wildman–Crippen MR) is 100 cm³/mol. The molecule has 1 fully saturated rings. The average Bonchev–Trinajstić information content (AvgIpc) is 2.67. The van der Waals surface area contributed by atoms with E-state index in [9.17, 15) is 0 Å². The minimum absolute atomic E-state index is 0.583. The molecule has 0 saturated carbocycles. The van der Waals surface area contributed by atoms with E-state index in [1.807, 2.05) is 6.07 Å². The molecule has 0 aromatic carbocycles. The number of hydrogen-bond acceptors (Lipinski definition) is 7. The van der Waals surface area contributed by atoms with Gasteiger partial charge in [-0.05, 0) is 43.4 Å². The summed E-state index contributed by atoms with van der Waals surface area (Å²) < 4.78 is 0. The number of aromatic nitrogens is 5. The summed E-state index contributed by atoms with van der Waals surface area (Å²) in [7, 11) is 0. The molecule has 0 spiro atoms. The molecule has 1 aliphatic heterocycles. The first-order valence-electron chi connectivity index (χ1n) is 9.26. The molecule has 1 N–H and O–H groups in total. The van der Waals surface area contributed by atoms with Gasteiger partial charge in [-0.2, -0.15) is 5.10 Å². The fourth-order valence-corrected chi connectivity index (χ4v) is 3.81. The zero-order valence-corrected chi connectivity index (χ0v) is 14.6. The topological polar surface area (TPSA) is 79.7 Å². The highest BCUT2D eigenvalue weighted by Crippen LogP contribution is 2.27. The fraction of sp³-hybridized carbons (Fsp3) is 0.421. The molecule has 0 bridgehead atoms. The van der Waals surface area contributed by atoms with Crippen molar-refractivity contribution in [3.05, 3.63) is 42.1 Å². The number of nitrogens with one attached hydrogen (secondary N) is 1. The van der Waals surface area contributed by atoms with Crippen molar-refractivity contribution in [3.63, 3.8) is 0 Å². The summed E-state index contributed by atoms with van der Waals surface area (Å²) in [5.41, 5.74) is 3.46. The van der Waals surface area contributed by atoms with Gasteiger partial charge in [0.25, 0.3) is 0 Å². The van der Waals surface area contributed by atoms with Gasteiger partial charge in [-0.1, -0.05) is 0 Å². The van der Waals surface area contributed by atoms with Crippen LogP contribution in [0.2, 0.25) is 0 Å². The molecule has 3 aromatic rings. The van der Waals surface area contributed by atoms with E-state index in [1.54, 1.807) is 18.7 Å². The van der Waals surface area contributed by atoms with Crippen LogP contribution < -0.4 is 10.2 Å². The van der Waals surface area contributed by atoms with Gasteiger partial charge in [0.15, 0.2) is 5.82 Å². The summed E-state index contributed by atoms with van der Waals surface area (Å²) in [6.45, 7) is 2.90. The Morgan fingerprint density at radius 2 is 2.04 bits per heavy atom. The van der Waals surface area contributed by atoms with Crippen molar-refractivity contribution in [2.75, 3.05) is 29.9 Å². The highest BCUT2D eigenvalue weighted by atomic mass is 15.3. The Hall–Kier alpha value is -2.83. The third kappa shape index (κ3) is 2.83. The lowest BCUT2D eigenvalue weighted by molar-refractivity contribution is 0.424. The van der Waals surface area contributed by atoms with E-state index in [0.717, 1.165) is 55.0 Å². The first-order valence-corrected chi connectivity index (χ1v) is 9.26. The average molecular weight is 347 g/mol. The Morgan fingerprint density at radius 3 is 3.00 bits per heavy atom. The Kier molecular flexibility index (Phi) is 3.84. The van der Waals surface area contributed by atoms with Gasteiger partial charge in [0.1, 0.15) is 12.1 Å². The summed E-state index contributed by atoms with van der Waals surface area (Å²) in [6, 6.07) is 4.20. The van der Waals surface area contributed by atoms with Gasteiger partial charge in [0.05, 0.1) is 17.4 Å². The van der Waals surface area contributed by atoms with Crippen molar-refractivity contribution in [1.82, 2.24) is 25.1 Å². The van der Waals surface area contributed by atoms with Crippen LogP contribution in [0.25, 0.3) is 10.9 Å². The van der Waals surface area contributed by atoms with E-state index in [0.29, 0.717) is 5.92 Å². The van der Waals surface area contributed by atoms with Crippen molar-refractivity contribution < 1.29 is 0 Å². The minimum atomic E-state index is 0.583. The van der Waals surface area contributed by atoms with E-state index in [2.05, 4.69) is 41.4 Å². The number of pyridine rings is 1. The maximum absolute atomic E-state index is 4.44. The number of rotatable bonds is 4. The van der Waals surface area contributed by atoms with Crippen LogP contribution in [0, 0.1) is 5.92 Å². The second-order valence-corrected chi connectivity index (χ2v) is 7.15. The van der Waals surface area contributed by atoms with Gasteiger partial charge in [0.2, 0.25) is 0 Å². The standard InChI is InChI=1S/C19H21N7/c1-2-4-16-14(3-1)7-18(25-24-16)26-10-13(11-26)8-21-19-15-5-6-20-9-17(15)22-12-23-19/h5-7,9,12-13H,1-4,8,10-11H2,(H,21,22,23). The van der Waals surface area contributed by atoms with Crippen LogP contribution in [0.3, 0.4) is 0 Å². The van der Waals surface area contributed by atoms with Crippen LogP contribution in [0.4, 0.5) is 11.6 Å².